The molecule has 0 saturated heterocycles. The molecule has 0 atom stereocenters. The molecule has 0 radical (unpaired) electrons. The third-order valence-corrected chi connectivity index (χ3v) is 4.59. The van der Waals surface area contributed by atoms with E-state index in [9.17, 15) is 4.79 Å². The van der Waals surface area contributed by atoms with Gasteiger partial charge in [0.1, 0.15) is 12.1 Å². The van der Waals surface area contributed by atoms with Gasteiger partial charge in [0.2, 0.25) is 0 Å². The van der Waals surface area contributed by atoms with Crippen molar-refractivity contribution in [2.45, 2.75) is 26.4 Å². The van der Waals surface area contributed by atoms with E-state index in [4.69, 9.17) is 0 Å². The predicted octanol–water partition coefficient (Wildman–Crippen LogP) is 0.970. The monoisotopic (exact) mass is 340 g/mol. The summed E-state index contributed by atoms with van der Waals surface area (Å²) in [6, 6.07) is 0. The summed E-state index contributed by atoms with van der Waals surface area (Å²) >= 11 is 0. The van der Waals surface area contributed by atoms with Gasteiger partial charge < -0.3 is 9.80 Å². The van der Waals surface area contributed by atoms with E-state index in [1.54, 1.807) is 31.5 Å². The first-order chi connectivity index (χ1) is 12.1. The third kappa shape index (κ3) is 2.51. The zero-order chi connectivity index (χ0) is 17.6. The van der Waals surface area contributed by atoms with Crippen LogP contribution in [0.1, 0.15) is 28.2 Å². The molecular formula is C16H20N8O. The number of nitrogens with one attached hydrogen (secondary N) is 1. The lowest BCUT2D eigenvalue weighted by Gasteiger charge is -2.21. The van der Waals surface area contributed by atoms with Crippen molar-refractivity contribution in [1.29, 1.82) is 0 Å². The minimum absolute atomic E-state index is 0.0658. The summed E-state index contributed by atoms with van der Waals surface area (Å²) in [7, 11) is 3.49. The van der Waals surface area contributed by atoms with Crippen LogP contribution in [0.4, 0.5) is 5.82 Å². The molecule has 4 rings (SSSR count). The van der Waals surface area contributed by atoms with Gasteiger partial charge in [-0.2, -0.15) is 10.2 Å². The molecular weight excluding hydrogens is 320 g/mol. The van der Waals surface area contributed by atoms with Gasteiger partial charge in [0.25, 0.3) is 5.91 Å². The summed E-state index contributed by atoms with van der Waals surface area (Å²) in [6.07, 6.45) is 4.22. The summed E-state index contributed by atoms with van der Waals surface area (Å²) in [6.45, 7) is 4.26. The van der Waals surface area contributed by atoms with Crippen LogP contribution < -0.4 is 4.90 Å². The van der Waals surface area contributed by atoms with Gasteiger partial charge >= 0.3 is 0 Å². The van der Waals surface area contributed by atoms with Gasteiger partial charge in [0.15, 0.2) is 11.3 Å². The Morgan fingerprint density at radius 2 is 2.12 bits per heavy atom. The first-order valence-corrected chi connectivity index (χ1v) is 8.23. The molecule has 0 bridgehead atoms. The summed E-state index contributed by atoms with van der Waals surface area (Å²) in [4.78, 5) is 24.8. The van der Waals surface area contributed by atoms with Crippen LogP contribution in [-0.2, 0) is 13.1 Å². The molecule has 0 aliphatic carbocycles. The van der Waals surface area contributed by atoms with Crippen molar-refractivity contribution in [3.63, 3.8) is 0 Å². The lowest BCUT2D eigenvalue weighted by molar-refractivity contribution is 0.0820. The normalized spacial score (nSPS) is 14.4. The highest BCUT2D eigenvalue weighted by molar-refractivity contribution is 5.93. The first kappa shape index (κ1) is 15.6. The standard InChI is InChI=1S/C16H20N8O/c1-10-12-8-23(15-11-7-19-20-14(11)17-9-18-15)5-4-6-24(12)21-13(10)16(25)22(2)3/h7,9H,4-6,8H2,1-3H3,(H,17,18,19,20). The Morgan fingerprint density at radius 3 is 2.92 bits per heavy atom. The largest absolute Gasteiger partial charge is 0.350 e. The zero-order valence-corrected chi connectivity index (χ0v) is 14.5. The van der Waals surface area contributed by atoms with Crippen LogP contribution >= 0.6 is 0 Å². The van der Waals surface area contributed by atoms with Crippen LogP contribution in [0, 0.1) is 6.92 Å². The Bertz CT molecular complexity index is 941. The van der Waals surface area contributed by atoms with Crippen molar-refractivity contribution < 1.29 is 4.79 Å². The molecule has 130 valence electrons. The maximum Gasteiger partial charge on any atom is 0.274 e. The number of hydrogen-bond donors (Lipinski definition) is 1. The second-order valence-corrected chi connectivity index (χ2v) is 6.45. The van der Waals surface area contributed by atoms with E-state index in [0.29, 0.717) is 12.2 Å². The summed E-state index contributed by atoms with van der Waals surface area (Å²) in [5.41, 5.74) is 3.24. The molecule has 0 aromatic carbocycles. The number of aryl methyl sites for hydroxylation is 1. The molecule has 3 aromatic heterocycles. The number of carbonyl (C=O) groups excluding carboxylic acids is 1. The zero-order valence-electron chi connectivity index (χ0n) is 14.5. The van der Waals surface area contributed by atoms with Gasteiger partial charge in [-0.3, -0.25) is 14.6 Å². The van der Waals surface area contributed by atoms with Crippen LogP contribution in [0.15, 0.2) is 12.5 Å². The van der Waals surface area contributed by atoms with Gasteiger partial charge in [-0.1, -0.05) is 0 Å². The Hall–Kier alpha value is -2.97. The molecule has 0 fully saturated rings. The maximum atomic E-state index is 12.4. The first-order valence-electron chi connectivity index (χ1n) is 8.23. The van der Waals surface area contributed by atoms with Gasteiger partial charge in [-0.15, -0.1) is 0 Å². The van der Waals surface area contributed by atoms with E-state index in [1.165, 1.54) is 0 Å². The molecule has 0 saturated carbocycles. The van der Waals surface area contributed by atoms with Crippen LogP contribution in [0.25, 0.3) is 11.0 Å². The van der Waals surface area contributed by atoms with E-state index in [-0.39, 0.29) is 5.91 Å². The van der Waals surface area contributed by atoms with Crippen LogP contribution in [-0.4, -0.2) is 61.4 Å². The average molecular weight is 340 g/mol. The third-order valence-electron chi connectivity index (χ3n) is 4.59. The topological polar surface area (TPSA) is 95.8 Å². The Morgan fingerprint density at radius 1 is 1.28 bits per heavy atom. The minimum atomic E-state index is -0.0658. The van der Waals surface area contributed by atoms with Crippen molar-refractivity contribution in [3.8, 4) is 0 Å². The molecule has 25 heavy (non-hydrogen) atoms. The second-order valence-electron chi connectivity index (χ2n) is 6.45. The molecule has 3 aromatic rings. The fourth-order valence-electron chi connectivity index (χ4n) is 3.24. The van der Waals surface area contributed by atoms with Crippen LogP contribution in [0.5, 0.6) is 0 Å². The van der Waals surface area contributed by atoms with Crippen LogP contribution in [0.3, 0.4) is 0 Å². The molecule has 1 N–H and O–H groups in total. The van der Waals surface area contributed by atoms with Gasteiger partial charge in [-0.25, -0.2) is 9.97 Å². The van der Waals surface area contributed by atoms with Gasteiger partial charge in [0, 0.05) is 32.7 Å². The second kappa shape index (κ2) is 5.83. The predicted molar refractivity (Wildman–Crippen MR) is 92.3 cm³/mol. The molecule has 1 aliphatic rings. The molecule has 9 heteroatoms. The van der Waals surface area contributed by atoms with Crippen molar-refractivity contribution in [3.05, 3.63) is 29.5 Å². The van der Waals surface area contributed by atoms with Crippen molar-refractivity contribution in [1.82, 2.24) is 34.8 Å². The fourth-order valence-corrected chi connectivity index (χ4v) is 3.24. The number of carbonyl (C=O) groups is 1. The molecule has 4 heterocycles. The van der Waals surface area contributed by atoms with E-state index in [0.717, 1.165) is 47.6 Å². The quantitative estimate of drug-likeness (QED) is 0.747. The number of hydrogen-bond acceptors (Lipinski definition) is 6. The lowest BCUT2D eigenvalue weighted by atomic mass is 10.1. The number of aromatic amines is 1. The SMILES string of the molecule is Cc1c(C(=O)N(C)C)nn2c1CN(c1ncnc3[nH]ncc13)CCC2. The highest BCUT2D eigenvalue weighted by Crippen LogP contribution is 2.27. The summed E-state index contributed by atoms with van der Waals surface area (Å²) in [5.74, 6) is 0.789. The summed E-state index contributed by atoms with van der Waals surface area (Å²) < 4.78 is 1.96. The van der Waals surface area contributed by atoms with E-state index in [1.807, 2.05) is 11.6 Å². The number of anilines is 1. The van der Waals surface area contributed by atoms with Crippen LogP contribution in [0.2, 0.25) is 0 Å². The van der Waals surface area contributed by atoms with E-state index < -0.39 is 0 Å². The molecule has 0 unspecified atom stereocenters. The molecule has 9 nitrogen and oxygen atoms in total. The number of H-pyrrole nitrogens is 1. The average Bonchev–Trinajstić information content (AvgIpc) is 3.12. The van der Waals surface area contributed by atoms with E-state index >= 15 is 0 Å². The molecule has 1 amide bonds. The number of rotatable bonds is 2. The highest BCUT2D eigenvalue weighted by Gasteiger charge is 2.25. The number of amides is 1. The fraction of sp³-hybridized carbons (Fsp3) is 0.438. The Kier molecular flexibility index (Phi) is 3.63. The van der Waals surface area contributed by atoms with Crippen molar-refractivity contribution >= 4 is 22.8 Å². The van der Waals surface area contributed by atoms with E-state index in [2.05, 4.69) is 30.2 Å². The smallest absolute Gasteiger partial charge is 0.274 e. The number of aromatic nitrogens is 6. The van der Waals surface area contributed by atoms with Gasteiger partial charge in [-0.05, 0) is 13.3 Å². The minimum Gasteiger partial charge on any atom is -0.350 e. The Balaban J connectivity index is 1.74. The van der Waals surface area contributed by atoms with Crippen molar-refractivity contribution in [2.24, 2.45) is 0 Å². The molecule has 0 spiro atoms. The number of nitrogens with zero attached hydrogens (tertiary/aromatic N) is 7. The molecule has 1 aliphatic heterocycles. The highest BCUT2D eigenvalue weighted by atomic mass is 16.2. The van der Waals surface area contributed by atoms with Gasteiger partial charge in [0.05, 0.1) is 23.8 Å². The summed E-state index contributed by atoms with van der Waals surface area (Å²) in [5, 5.41) is 12.4. The lowest BCUT2D eigenvalue weighted by Crippen LogP contribution is -2.25. The number of fused-ring (bicyclic) bond motifs is 2. The Labute approximate surface area is 144 Å². The maximum absolute atomic E-state index is 12.4. The van der Waals surface area contributed by atoms with Crippen molar-refractivity contribution in [2.75, 3.05) is 25.5 Å².